The third kappa shape index (κ3) is 2.55. The molecule has 20 heavy (non-hydrogen) atoms. The highest BCUT2D eigenvalue weighted by atomic mass is 79.9. The molecule has 0 aliphatic carbocycles. The van der Waals surface area contributed by atoms with Crippen molar-refractivity contribution in [2.24, 2.45) is 0 Å². The number of benzene rings is 1. The zero-order valence-electron chi connectivity index (χ0n) is 11.1. The van der Waals surface area contributed by atoms with Crippen LogP contribution in [0.2, 0.25) is 0 Å². The SMILES string of the molecule is Nc1cc(C(=O)N2CCCC3(C2)OCCO3)ccc1Br. The van der Waals surface area contributed by atoms with Crippen LogP contribution in [-0.2, 0) is 9.47 Å². The van der Waals surface area contributed by atoms with Crippen molar-refractivity contribution in [3.63, 3.8) is 0 Å². The number of nitrogen functional groups attached to an aromatic ring is 1. The molecule has 0 radical (unpaired) electrons. The second-order valence-corrected chi connectivity index (χ2v) is 6.03. The van der Waals surface area contributed by atoms with E-state index in [0.717, 1.165) is 23.9 Å². The summed E-state index contributed by atoms with van der Waals surface area (Å²) in [6.45, 7) is 2.42. The van der Waals surface area contributed by atoms with Gasteiger partial charge in [0.25, 0.3) is 5.91 Å². The van der Waals surface area contributed by atoms with Crippen LogP contribution >= 0.6 is 15.9 Å². The van der Waals surface area contributed by atoms with Crippen molar-refractivity contribution in [3.8, 4) is 0 Å². The molecule has 6 heteroatoms. The van der Waals surface area contributed by atoms with Crippen molar-refractivity contribution in [2.75, 3.05) is 32.0 Å². The lowest BCUT2D eigenvalue weighted by molar-refractivity contribution is -0.183. The zero-order valence-corrected chi connectivity index (χ0v) is 12.7. The van der Waals surface area contributed by atoms with Gasteiger partial charge >= 0.3 is 0 Å². The topological polar surface area (TPSA) is 64.8 Å². The number of piperidine rings is 1. The lowest BCUT2D eigenvalue weighted by atomic mass is 10.0. The summed E-state index contributed by atoms with van der Waals surface area (Å²) in [6, 6.07) is 5.27. The van der Waals surface area contributed by atoms with E-state index in [-0.39, 0.29) is 5.91 Å². The Morgan fingerprint density at radius 1 is 1.35 bits per heavy atom. The maximum absolute atomic E-state index is 12.5. The van der Waals surface area contributed by atoms with Crippen LogP contribution in [0.4, 0.5) is 5.69 Å². The van der Waals surface area contributed by atoms with Crippen molar-refractivity contribution in [3.05, 3.63) is 28.2 Å². The predicted molar refractivity (Wildman–Crippen MR) is 78.3 cm³/mol. The number of hydrogen-bond acceptors (Lipinski definition) is 4. The van der Waals surface area contributed by atoms with Crippen LogP contribution in [-0.4, -0.2) is 42.9 Å². The highest BCUT2D eigenvalue weighted by molar-refractivity contribution is 9.10. The first-order valence-corrected chi connectivity index (χ1v) is 7.51. The number of halogens is 1. The molecule has 0 unspecified atom stereocenters. The van der Waals surface area contributed by atoms with Gasteiger partial charge in [0.15, 0.2) is 5.79 Å². The van der Waals surface area contributed by atoms with Gasteiger partial charge in [-0.3, -0.25) is 4.79 Å². The van der Waals surface area contributed by atoms with Gasteiger partial charge in [0.1, 0.15) is 0 Å². The maximum atomic E-state index is 12.5. The maximum Gasteiger partial charge on any atom is 0.254 e. The molecule has 1 aromatic rings. The Labute approximate surface area is 126 Å². The third-order valence-corrected chi connectivity index (χ3v) is 4.48. The first kappa shape index (κ1) is 13.9. The Morgan fingerprint density at radius 2 is 2.10 bits per heavy atom. The molecule has 0 bridgehead atoms. The summed E-state index contributed by atoms with van der Waals surface area (Å²) in [5.74, 6) is -0.614. The number of likely N-dealkylation sites (tertiary alicyclic amines) is 1. The molecule has 3 rings (SSSR count). The smallest absolute Gasteiger partial charge is 0.254 e. The van der Waals surface area contributed by atoms with Crippen LogP contribution < -0.4 is 5.73 Å². The molecule has 1 spiro atoms. The normalized spacial score (nSPS) is 21.4. The molecule has 2 aliphatic rings. The van der Waals surface area contributed by atoms with Crippen LogP contribution in [0, 0.1) is 0 Å². The van der Waals surface area contributed by atoms with Crippen molar-refractivity contribution in [1.82, 2.24) is 4.90 Å². The van der Waals surface area contributed by atoms with Crippen molar-refractivity contribution < 1.29 is 14.3 Å². The highest BCUT2D eigenvalue weighted by Gasteiger charge is 2.42. The number of carbonyl (C=O) groups is 1. The number of nitrogens with two attached hydrogens (primary N) is 1. The van der Waals surface area contributed by atoms with Crippen molar-refractivity contribution >= 4 is 27.5 Å². The Morgan fingerprint density at radius 3 is 2.80 bits per heavy atom. The van der Waals surface area contributed by atoms with Gasteiger partial charge in [-0.2, -0.15) is 0 Å². The first-order valence-electron chi connectivity index (χ1n) is 6.72. The third-order valence-electron chi connectivity index (χ3n) is 3.76. The lowest BCUT2D eigenvalue weighted by Crippen LogP contribution is -2.51. The molecule has 2 fully saturated rings. The summed E-state index contributed by atoms with van der Waals surface area (Å²) in [5.41, 5.74) is 7.00. The monoisotopic (exact) mass is 340 g/mol. The molecule has 0 saturated carbocycles. The Kier molecular flexibility index (Phi) is 3.70. The standard InChI is InChI=1S/C14H17BrN2O3/c15-11-3-2-10(8-12(11)16)13(18)17-5-1-4-14(9-17)19-6-7-20-14/h2-3,8H,1,4-7,9,16H2. The molecule has 2 heterocycles. The van der Waals surface area contributed by atoms with Crippen molar-refractivity contribution in [1.29, 1.82) is 0 Å². The molecular formula is C14H17BrN2O3. The Hall–Kier alpha value is -1.11. The van der Waals surface area contributed by atoms with E-state index in [1.165, 1.54) is 0 Å². The molecule has 0 aromatic heterocycles. The Balaban J connectivity index is 1.77. The minimum Gasteiger partial charge on any atom is -0.398 e. The van der Waals surface area contributed by atoms with Gasteiger partial charge in [-0.15, -0.1) is 0 Å². The molecule has 2 saturated heterocycles. The van der Waals surface area contributed by atoms with E-state index in [2.05, 4.69) is 15.9 Å². The summed E-state index contributed by atoms with van der Waals surface area (Å²) in [7, 11) is 0. The number of hydrogen-bond donors (Lipinski definition) is 1. The average molecular weight is 341 g/mol. The summed E-state index contributed by atoms with van der Waals surface area (Å²) in [6.07, 6.45) is 1.73. The van der Waals surface area contributed by atoms with Gasteiger partial charge in [0.05, 0.1) is 19.8 Å². The fourth-order valence-electron chi connectivity index (χ4n) is 2.75. The second-order valence-electron chi connectivity index (χ2n) is 5.17. The zero-order chi connectivity index (χ0) is 14.2. The number of carbonyl (C=O) groups excluding carboxylic acids is 1. The van der Waals surface area contributed by atoms with Crippen LogP contribution in [0.15, 0.2) is 22.7 Å². The molecule has 1 aromatic carbocycles. The molecular weight excluding hydrogens is 324 g/mol. The summed E-state index contributed by atoms with van der Waals surface area (Å²) in [5, 5.41) is 0. The second kappa shape index (κ2) is 5.35. The highest BCUT2D eigenvalue weighted by Crippen LogP contribution is 2.31. The van der Waals surface area contributed by atoms with E-state index >= 15 is 0 Å². The van der Waals surface area contributed by atoms with Gasteiger partial charge in [-0.25, -0.2) is 0 Å². The summed E-state index contributed by atoms with van der Waals surface area (Å²) < 4.78 is 12.2. The quantitative estimate of drug-likeness (QED) is 0.794. The predicted octanol–water partition coefficient (Wildman–Crippen LogP) is 2.01. The minimum absolute atomic E-state index is 0.0256. The van der Waals surface area contributed by atoms with E-state index in [1.807, 2.05) is 0 Å². The number of anilines is 1. The molecule has 2 aliphatic heterocycles. The molecule has 1 amide bonds. The van der Waals surface area contributed by atoms with Gasteiger partial charge in [0, 0.05) is 28.7 Å². The van der Waals surface area contributed by atoms with E-state index in [4.69, 9.17) is 15.2 Å². The van der Waals surface area contributed by atoms with E-state index in [0.29, 0.717) is 31.0 Å². The van der Waals surface area contributed by atoms with E-state index in [1.54, 1.807) is 23.1 Å². The van der Waals surface area contributed by atoms with Crippen molar-refractivity contribution in [2.45, 2.75) is 18.6 Å². The molecule has 5 nitrogen and oxygen atoms in total. The minimum atomic E-state index is -0.588. The number of ether oxygens (including phenoxy) is 2. The van der Waals surface area contributed by atoms with Crippen LogP contribution in [0.25, 0.3) is 0 Å². The van der Waals surface area contributed by atoms with Gasteiger partial charge in [0.2, 0.25) is 0 Å². The largest absolute Gasteiger partial charge is 0.398 e. The van der Waals surface area contributed by atoms with E-state index in [9.17, 15) is 4.79 Å². The number of amides is 1. The average Bonchev–Trinajstić information content (AvgIpc) is 2.89. The molecule has 2 N–H and O–H groups in total. The fourth-order valence-corrected chi connectivity index (χ4v) is 3.00. The first-order chi connectivity index (χ1) is 9.60. The fraction of sp³-hybridized carbons (Fsp3) is 0.500. The number of rotatable bonds is 1. The summed E-state index contributed by atoms with van der Waals surface area (Å²) >= 11 is 3.33. The van der Waals surface area contributed by atoms with Gasteiger partial charge in [-0.1, -0.05) is 0 Å². The number of nitrogens with zero attached hydrogens (tertiary/aromatic N) is 1. The van der Waals surface area contributed by atoms with Crippen LogP contribution in [0.1, 0.15) is 23.2 Å². The van der Waals surface area contributed by atoms with E-state index < -0.39 is 5.79 Å². The van der Waals surface area contributed by atoms with Gasteiger partial charge in [-0.05, 0) is 40.5 Å². The van der Waals surface area contributed by atoms with Gasteiger partial charge < -0.3 is 20.1 Å². The summed E-state index contributed by atoms with van der Waals surface area (Å²) in [4.78, 5) is 14.3. The van der Waals surface area contributed by atoms with Crippen LogP contribution in [0.3, 0.4) is 0 Å². The Bertz CT molecular complexity index is 529. The molecule has 108 valence electrons. The lowest BCUT2D eigenvalue weighted by Gasteiger charge is -2.38. The molecule has 0 atom stereocenters. The van der Waals surface area contributed by atoms with Crippen LogP contribution in [0.5, 0.6) is 0 Å².